The van der Waals surface area contributed by atoms with Crippen LogP contribution in [0.4, 0.5) is 0 Å². The van der Waals surface area contributed by atoms with Crippen LogP contribution < -0.4 is 5.32 Å². The standard InChI is InChI=1S/C8H17NO.H2/c1-7(2)9-8-3-5-10-6-4-8;/h7-9H,3-6H2,1-2H3;1H. The van der Waals surface area contributed by atoms with Crippen LogP contribution >= 0.6 is 0 Å². The summed E-state index contributed by atoms with van der Waals surface area (Å²) in [5.74, 6) is 0. The molecule has 0 radical (unpaired) electrons. The summed E-state index contributed by atoms with van der Waals surface area (Å²) in [6, 6.07) is 1.32. The molecule has 0 aromatic rings. The Balaban J connectivity index is 0.000001000. The molecule has 1 rings (SSSR count). The maximum Gasteiger partial charge on any atom is 0.0480 e. The van der Waals surface area contributed by atoms with Crippen molar-refractivity contribution in [3.8, 4) is 0 Å². The van der Waals surface area contributed by atoms with E-state index in [9.17, 15) is 0 Å². The molecule has 0 aromatic carbocycles. The zero-order chi connectivity index (χ0) is 7.40. The number of hydrogen-bond donors (Lipinski definition) is 1. The molecule has 0 spiro atoms. The fourth-order valence-electron chi connectivity index (χ4n) is 1.34. The first kappa shape index (κ1) is 8.02. The van der Waals surface area contributed by atoms with E-state index in [4.69, 9.17) is 4.74 Å². The van der Waals surface area contributed by atoms with Crippen molar-refractivity contribution in [2.45, 2.75) is 38.8 Å². The molecule has 2 heteroatoms. The lowest BCUT2D eigenvalue weighted by molar-refractivity contribution is 0.0760. The highest BCUT2D eigenvalue weighted by Crippen LogP contribution is 2.06. The van der Waals surface area contributed by atoms with Crippen molar-refractivity contribution in [1.29, 1.82) is 0 Å². The van der Waals surface area contributed by atoms with Gasteiger partial charge in [-0.3, -0.25) is 0 Å². The van der Waals surface area contributed by atoms with Gasteiger partial charge in [-0.05, 0) is 12.8 Å². The van der Waals surface area contributed by atoms with E-state index in [1.54, 1.807) is 0 Å². The summed E-state index contributed by atoms with van der Waals surface area (Å²) in [4.78, 5) is 0. The predicted octanol–water partition coefficient (Wildman–Crippen LogP) is 1.41. The third-order valence-electron chi connectivity index (χ3n) is 1.79. The van der Waals surface area contributed by atoms with Gasteiger partial charge in [0.05, 0.1) is 0 Å². The average molecular weight is 145 g/mol. The second-order valence-electron chi connectivity index (χ2n) is 3.21. The van der Waals surface area contributed by atoms with E-state index in [0.29, 0.717) is 12.1 Å². The van der Waals surface area contributed by atoms with Crippen molar-refractivity contribution in [3.63, 3.8) is 0 Å². The molecule has 62 valence electrons. The summed E-state index contributed by atoms with van der Waals surface area (Å²) in [7, 11) is 0. The summed E-state index contributed by atoms with van der Waals surface area (Å²) in [6.45, 7) is 6.25. The van der Waals surface area contributed by atoms with Gasteiger partial charge in [-0.15, -0.1) is 0 Å². The first-order valence-corrected chi connectivity index (χ1v) is 4.13. The number of nitrogens with one attached hydrogen (secondary N) is 1. The Kier molecular flexibility index (Phi) is 3.16. The fraction of sp³-hybridized carbons (Fsp3) is 1.00. The van der Waals surface area contributed by atoms with Crippen molar-refractivity contribution >= 4 is 0 Å². The highest BCUT2D eigenvalue weighted by atomic mass is 16.5. The number of hydrogen-bond acceptors (Lipinski definition) is 2. The van der Waals surface area contributed by atoms with Crippen LogP contribution in [0.25, 0.3) is 0 Å². The van der Waals surface area contributed by atoms with Gasteiger partial charge in [-0.1, -0.05) is 13.8 Å². The number of ether oxygens (including phenoxy) is 1. The Labute approximate surface area is 64.4 Å². The Morgan fingerprint density at radius 1 is 1.40 bits per heavy atom. The normalized spacial score (nSPS) is 21.9. The van der Waals surface area contributed by atoms with Crippen molar-refractivity contribution < 1.29 is 6.16 Å². The molecule has 1 saturated heterocycles. The molecule has 2 nitrogen and oxygen atoms in total. The van der Waals surface area contributed by atoms with Crippen LogP contribution in [0.5, 0.6) is 0 Å². The Morgan fingerprint density at radius 2 is 2.00 bits per heavy atom. The second kappa shape index (κ2) is 3.94. The number of rotatable bonds is 2. The second-order valence-corrected chi connectivity index (χ2v) is 3.21. The average Bonchev–Trinajstić information content (AvgIpc) is 1.88. The van der Waals surface area contributed by atoms with Gasteiger partial charge in [0, 0.05) is 26.7 Å². The van der Waals surface area contributed by atoms with Gasteiger partial charge in [0.15, 0.2) is 0 Å². The monoisotopic (exact) mass is 145 g/mol. The minimum Gasteiger partial charge on any atom is -0.381 e. The van der Waals surface area contributed by atoms with E-state index >= 15 is 0 Å². The van der Waals surface area contributed by atoms with Crippen molar-refractivity contribution in [1.82, 2.24) is 5.32 Å². The summed E-state index contributed by atoms with van der Waals surface area (Å²) in [5, 5.41) is 3.50. The highest BCUT2D eigenvalue weighted by Gasteiger charge is 2.13. The molecule has 0 atom stereocenters. The van der Waals surface area contributed by atoms with Gasteiger partial charge >= 0.3 is 0 Å². The van der Waals surface area contributed by atoms with Crippen molar-refractivity contribution in [2.75, 3.05) is 13.2 Å². The molecule has 10 heavy (non-hydrogen) atoms. The third kappa shape index (κ3) is 2.67. The predicted molar refractivity (Wildman–Crippen MR) is 44.2 cm³/mol. The quantitative estimate of drug-likeness (QED) is 0.634. The van der Waals surface area contributed by atoms with Gasteiger partial charge in [-0.25, -0.2) is 0 Å². The van der Waals surface area contributed by atoms with E-state index in [1.165, 1.54) is 12.8 Å². The Bertz CT molecular complexity index is 92.1. The molecule has 0 unspecified atom stereocenters. The zero-order valence-electron chi connectivity index (χ0n) is 6.89. The molecule has 1 fully saturated rings. The summed E-state index contributed by atoms with van der Waals surface area (Å²) in [5.41, 5.74) is 0. The lowest BCUT2D eigenvalue weighted by atomic mass is 10.1. The summed E-state index contributed by atoms with van der Waals surface area (Å²) in [6.07, 6.45) is 2.36. The molecule has 0 aromatic heterocycles. The van der Waals surface area contributed by atoms with Gasteiger partial charge in [-0.2, -0.15) is 0 Å². The lowest BCUT2D eigenvalue weighted by Crippen LogP contribution is -2.38. The van der Waals surface area contributed by atoms with Gasteiger partial charge in [0.25, 0.3) is 0 Å². The minimum absolute atomic E-state index is 0. The van der Waals surface area contributed by atoms with Crippen LogP contribution in [-0.4, -0.2) is 25.3 Å². The largest absolute Gasteiger partial charge is 0.381 e. The first-order valence-electron chi connectivity index (χ1n) is 4.13. The molecule has 0 aliphatic carbocycles. The van der Waals surface area contributed by atoms with E-state index in [-0.39, 0.29) is 1.43 Å². The maximum atomic E-state index is 5.24. The van der Waals surface area contributed by atoms with Gasteiger partial charge < -0.3 is 10.1 Å². The van der Waals surface area contributed by atoms with Gasteiger partial charge in [0.2, 0.25) is 0 Å². The molecule has 1 N–H and O–H groups in total. The van der Waals surface area contributed by atoms with Crippen LogP contribution in [-0.2, 0) is 4.74 Å². The lowest BCUT2D eigenvalue weighted by Gasteiger charge is -2.24. The first-order chi connectivity index (χ1) is 4.79. The van der Waals surface area contributed by atoms with Crippen LogP contribution in [0.15, 0.2) is 0 Å². The molecular weight excluding hydrogens is 126 g/mol. The minimum atomic E-state index is 0. The van der Waals surface area contributed by atoms with Crippen LogP contribution in [0, 0.1) is 0 Å². The Morgan fingerprint density at radius 3 is 2.50 bits per heavy atom. The summed E-state index contributed by atoms with van der Waals surface area (Å²) >= 11 is 0. The van der Waals surface area contributed by atoms with Gasteiger partial charge in [0.1, 0.15) is 0 Å². The maximum absolute atomic E-state index is 5.24. The molecular formula is C8H19NO. The zero-order valence-corrected chi connectivity index (χ0v) is 6.89. The molecule has 0 bridgehead atoms. The molecule has 1 aliphatic rings. The SMILES string of the molecule is CC(C)NC1CCOCC1.[HH]. The highest BCUT2D eigenvalue weighted by molar-refractivity contribution is 4.71. The van der Waals surface area contributed by atoms with Crippen LogP contribution in [0.3, 0.4) is 0 Å². The van der Waals surface area contributed by atoms with E-state index in [0.717, 1.165) is 13.2 Å². The van der Waals surface area contributed by atoms with Crippen molar-refractivity contribution in [2.24, 2.45) is 0 Å². The molecule has 0 amide bonds. The van der Waals surface area contributed by atoms with Crippen LogP contribution in [0.2, 0.25) is 0 Å². The van der Waals surface area contributed by atoms with E-state index in [1.807, 2.05) is 0 Å². The van der Waals surface area contributed by atoms with Crippen molar-refractivity contribution in [3.05, 3.63) is 0 Å². The summed E-state index contributed by atoms with van der Waals surface area (Å²) < 4.78 is 5.24. The fourth-order valence-corrected chi connectivity index (χ4v) is 1.34. The molecule has 1 aliphatic heterocycles. The van der Waals surface area contributed by atoms with E-state index in [2.05, 4.69) is 19.2 Å². The van der Waals surface area contributed by atoms with E-state index < -0.39 is 0 Å². The topological polar surface area (TPSA) is 21.3 Å². The smallest absolute Gasteiger partial charge is 0.0480 e. The van der Waals surface area contributed by atoms with Crippen LogP contribution in [0.1, 0.15) is 28.1 Å². The molecule has 0 saturated carbocycles. The molecule has 1 heterocycles. The third-order valence-corrected chi connectivity index (χ3v) is 1.79. The Hall–Kier alpha value is -0.0800.